The van der Waals surface area contributed by atoms with E-state index in [1.54, 1.807) is 22.4 Å². The van der Waals surface area contributed by atoms with E-state index >= 15 is 0 Å². The molecule has 1 unspecified atom stereocenters. The summed E-state index contributed by atoms with van der Waals surface area (Å²) in [5, 5.41) is 2.30. The van der Waals surface area contributed by atoms with Gasteiger partial charge in [0, 0.05) is 19.6 Å². The molecule has 3 heterocycles. The molecule has 0 aliphatic carbocycles. The number of nitrogens with zero attached hydrogens (tertiary/aromatic N) is 4. The van der Waals surface area contributed by atoms with Gasteiger partial charge in [0.25, 0.3) is 10.0 Å². The lowest BCUT2D eigenvalue weighted by molar-refractivity contribution is -0.121. The average molecular weight is 509 g/mol. The quantitative estimate of drug-likeness (QED) is 0.440. The Labute approximate surface area is 202 Å². The number of hydrogen-bond acceptors (Lipinski definition) is 8. The zero-order valence-corrected chi connectivity index (χ0v) is 21.4. The molecule has 1 aromatic carbocycles. The van der Waals surface area contributed by atoms with Crippen LogP contribution in [0, 0.1) is 0 Å². The third-order valence-electron chi connectivity index (χ3n) is 5.49. The van der Waals surface area contributed by atoms with Crippen molar-refractivity contribution in [2.24, 2.45) is 0 Å². The number of para-hydroxylation sites is 1. The Balaban J connectivity index is 1.69. The van der Waals surface area contributed by atoms with Crippen LogP contribution in [0.3, 0.4) is 0 Å². The summed E-state index contributed by atoms with van der Waals surface area (Å²) >= 11 is 2.59. The molecule has 178 valence electrons. The first-order valence-electron chi connectivity index (χ1n) is 10.9. The number of amides is 1. The van der Waals surface area contributed by atoms with Crippen LogP contribution in [0.25, 0.3) is 10.2 Å². The summed E-state index contributed by atoms with van der Waals surface area (Å²) in [6.07, 6.45) is 1.15. The minimum Gasteiger partial charge on any atom is -0.492 e. The van der Waals surface area contributed by atoms with Crippen molar-refractivity contribution in [3.05, 3.63) is 35.7 Å². The summed E-state index contributed by atoms with van der Waals surface area (Å²) in [4.78, 5) is 22.2. The molecule has 0 saturated carbocycles. The zero-order chi connectivity index (χ0) is 23.6. The van der Waals surface area contributed by atoms with Gasteiger partial charge in [-0.05, 0) is 57.4 Å². The van der Waals surface area contributed by atoms with Gasteiger partial charge in [0.1, 0.15) is 21.5 Å². The van der Waals surface area contributed by atoms with Gasteiger partial charge >= 0.3 is 0 Å². The molecule has 1 atom stereocenters. The molecule has 33 heavy (non-hydrogen) atoms. The first-order chi connectivity index (χ1) is 15.8. The molecule has 0 N–H and O–H groups in total. The number of aromatic nitrogens is 1. The Morgan fingerprint density at radius 3 is 2.76 bits per heavy atom. The average Bonchev–Trinajstić information content (AvgIpc) is 3.54. The van der Waals surface area contributed by atoms with Gasteiger partial charge in [0.15, 0.2) is 5.13 Å². The minimum atomic E-state index is -3.72. The van der Waals surface area contributed by atoms with Crippen LogP contribution in [0.4, 0.5) is 5.13 Å². The molecule has 0 bridgehead atoms. The highest BCUT2D eigenvalue weighted by Crippen LogP contribution is 2.36. The Morgan fingerprint density at radius 2 is 2.06 bits per heavy atom. The number of benzene rings is 1. The highest BCUT2D eigenvalue weighted by atomic mass is 32.2. The molecule has 1 saturated heterocycles. The van der Waals surface area contributed by atoms with Crippen LogP contribution in [0.2, 0.25) is 0 Å². The van der Waals surface area contributed by atoms with Crippen molar-refractivity contribution >= 4 is 54.0 Å². The van der Waals surface area contributed by atoms with Crippen molar-refractivity contribution in [3.63, 3.8) is 0 Å². The van der Waals surface area contributed by atoms with E-state index in [9.17, 15) is 13.2 Å². The van der Waals surface area contributed by atoms with Crippen molar-refractivity contribution in [1.82, 2.24) is 14.2 Å². The Morgan fingerprint density at radius 1 is 1.24 bits per heavy atom. The van der Waals surface area contributed by atoms with Gasteiger partial charge in [0.05, 0.1) is 11.3 Å². The third-order valence-corrected chi connectivity index (χ3v) is 9.81. The second-order valence-corrected chi connectivity index (χ2v) is 12.1. The lowest BCUT2D eigenvalue weighted by Gasteiger charge is -2.29. The fourth-order valence-corrected chi connectivity index (χ4v) is 7.66. The number of likely N-dealkylation sites (N-methyl/N-ethyl adjacent to an activating group) is 1. The number of thiophene rings is 1. The standard InChI is InChI=1S/C22H28N4O4S3/c1-4-30-17-9-5-10-18-20(17)23-22(32-18)25(14-13-24(2)3)21(27)16-8-6-12-26(16)33(28,29)19-11-7-15-31-19/h5,7,9-11,15-16H,4,6,8,12-14H2,1-3H3. The molecule has 11 heteroatoms. The molecule has 0 radical (unpaired) electrons. The zero-order valence-electron chi connectivity index (χ0n) is 18.9. The highest BCUT2D eigenvalue weighted by molar-refractivity contribution is 7.91. The van der Waals surface area contributed by atoms with Crippen LogP contribution in [0.1, 0.15) is 19.8 Å². The second-order valence-electron chi connectivity index (χ2n) is 8.03. The van der Waals surface area contributed by atoms with Crippen molar-refractivity contribution in [2.45, 2.75) is 30.0 Å². The molecule has 1 fully saturated rings. The number of thiazole rings is 1. The highest BCUT2D eigenvalue weighted by Gasteiger charge is 2.42. The molecule has 2 aromatic heterocycles. The number of sulfonamides is 1. The fourth-order valence-electron chi connectivity index (χ4n) is 3.88. The van der Waals surface area contributed by atoms with E-state index in [0.29, 0.717) is 50.0 Å². The van der Waals surface area contributed by atoms with Crippen LogP contribution in [-0.4, -0.2) is 74.9 Å². The van der Waals surface area contributed by atoms with Crippen molar-refractivity contribution in [3.8, 4) is 5.75 Å². The maximum absolute atomic E-state index is 13.8. The van der Waals surface area contributed by atoms with Gasteiger partial charge < -0.3 is 9.64 Å². The lowest BCUT2D eigenvalue weighted by Crippen LogP contribution is -2.49. The molecule has 1 aliphatic heterocycles. The van der Waals surface area contributed by atoms with Crippen molar-refractivity contribution in [1.29, 1.82) is 0 Å². The van der Waals surface area contributed by atoms with Gasteiger partial charge in [-0.25, -0.2) is 13.4 Å². The maximum atomic E-state index is 13.8. The number of anilines is 1. The Bertz CT molecular complexity index is 1210. The largest absolute Gasteiger partial charge is 0.492 e. The van der Waals surface area contributed by atoms with E-state index in [-0.39, 0.29) is 10.1 Å². The number of rotatable bonds is 9. The molecule has 0 spiro atoms. The van der Waals surface area contributed by atoms with E-state index in [0.717, 1.165) is 10.2 Å². The van der Waals surface area contributed by atoms with E-state index in [1.165, 1.54) is 27.0 Å². The van der Waals surface area contributed by atoms with Crippen molar-refractivity contribution in [2.75, 3.05) is 45.2 Å². The normalized spacial score (nSPS) is 17.2. The summed E-state index contributed by atoms with van der Waals surface area (Å²) in [6.45, 7) is 3.82. The van der Waals surface area contributed by atoms with Crippen LogP contribution >= 0.6 is 22.7 Å². The van der Waals surface area contributed by atoms with Gasteiger partial charge in [-0.2, -0.15) is 4.31 Å². The number of carbonyl (C=O) groups excluding carboxylic acids is 1. The number of carbonyl (C=O) groups is 1. The van der Waals surface area contributed by atoms with Gasteiger partial charge in [-0.15, -0.1) is 11.3 Å². The third kappa shape index (κ3) is 4.92. The summed E-state index contributed by atoms with van der Waals surface area (Å²) in [7, 11) is 0.165. The molecule has 4 rings (SSSR count). The molecular formula is C22H28N4O4S3. The van der Waals surface area contributed by atoms with Gasteiger partial charge in [0.2, 0.25) is 5.91 Å². The van der Waals surface area contributed by atoms with Crippen LogP contribution in [0.5, 0.6) is 5.75 Å². The van der Waals surface area contributed by atoms with E-state index in [2.05, 4.69) is 0 Å². The van der Waals surface area contributed by atoms with E-state index in [1.807, 2.05) is 44.1 Å². The number of hydrogen-bond donors (Lipinski definition) is 0. The summed E-state index contributed by atoms with van der Waals surface area (Å²) in [5.74, 6) is 0.451. The smallest absolute Gasteiger partial charge is 0.253 e. The van der Waals surface area contributed by atoms with E-state index < -0.39 is 16.1 Å². The maximum Gasteiger partial charge on any atom is 0.253 e. The monoisotopic (exact) mass is 508 g/mol. The van der Waals surface area contributed by atoms with Gasteiger partial charge in [-0.1, -0.05) is 23.5 Å². The first kappa shape index (κ1) is 24.1. The number of ether oxygens (including phenoxy) is 1. The predicted molar refractivity (Wildman–Crippen MR) is 133 cm³/mol. The van der Waals surface area contributed by atoms with Crippen LogP contribution in [0.15, 0.2) is 39.9 Å². The van der Waals surface area contributed by atoms with Crippen LogP contribution < -0.4 is 9.64 Å². The molecule has 8 nitrogen and oxygen atoms in total. The van der Waals surface area contributed by atoms with Crippen LogP contribution in [-0.2, 0) is 14.8 Å². The summed E-state index contributed by atoms with van der Waals surface area (Å²) in [6, 6.07) is 8.30. The topological polar surface area (TPSA) is 83.0 Å². The SMILES string of the molecule is CCOc1cccc2sc(N(CCN(C)C)C(=O)C3CCCN3S(=O)(=O)c3cccs3)nc12. The molecular weight excluding hydrogens is 480 g/mol. The number of fused-ring (bicyclic) bond motifs is 1. The minimum absolute atomic E-state index is 0.230. The summed E-state index contributed by atoms with van der Waals surface area (Å²) < 4.78 is 34.7. The molecule has 1 amide bonds. The van der Waals surface area contributed by atoms with E-state index in [4.69, 9.17) is 9.72 Å². The molecule has 3 aromatic rings. The predicted octanol–water partition coefficient (Wildman–Crippen LogP) is 3.50. The first-order valence-corrected chi connectivity index (χ1v) is 14.0. The van der Waals surface area contributed by atoms with Gasteiger partial charge in [-0.3, -0.25) is 9.69 Å². The fraction of sp³-hybridized carbons (Fsp3) is 0.455. The Kier molecular flexibility index (Phi) is 7.34. The second kappa shape index (κ2) is 10.1. The lowest BCUT2D eigenvalue weighted by atomic mass is 10.2. The molecule has 1 aliphatic rings. The van der Waals surface area contributed by atoms with Crippen molar-refractivity contribution < 1.29 is 17.9 Å². The summed E-state index contributed by atoms with van der Waals surface area (Å²) in [5.41, 5.74) is 0.719. The Hall–Kier alpha value is -2.05.